The number of anilines is 2. The average Bonchev–Trinajstić information content (AvgIpc) is 3.22. The maximum absolute atomic E-state index is 14.5. The third kappa shape index (κ3) is 3.93. The van der Waals surface area contributed by atoms with Crippen molar-refractivity contribution in [1.29, 1.82) is 0 Å². The third-order valence-corrected chi connectivity index (χ3v) is 7.38. The number of amides is 1. The fourth-order valence-electron chi connectivity index (χ4n) is 5.26. The SMILES string of the molecule is Cc1cn2cc(NC(=O)c3ccc(N4CCC(NC5CC5(C)C)C4)c4cn(C)nc34)cc(F)c2n1. The van der Waals surface area contributed by atoms with E-state index in [1.54, 1.807) is 28.4 Å². The maximum Gasteiger partial charge on any atom is 0.257 e. The number of carbonyl (C=O) groups is 1. The molecule has 182 valence electrons. The van der Waals surface area contributed by atoms with Crippen LogP contribution < -0.4 is 15.5 Å². The first-order chi connectivity index (χ1) is 16.7. The maximum atomic E-state index is 14.5. The zero-order valence-corrected chi connectivity index (χ0v) is 20.5. The van der Waals surface area contributed by atoms with Crippen LogP contribution in [0.1, 0.15) is 42.7 Å². The molecule has 1 saturated heterocycles. The van der Waals surface area contributed by atoms with Crippen molar-refractivity contribution in [3.05, 3.63) is 53.9 Å². The molecule has 1 amide bonds. The molecular weight excluding hydrogens is 445 g/mol. The number of hydrogen-bond acceptors (Lipinski definition) is 5. The number of carbonyl (C=O) groups excluding carboxylic acids is 1. The molecule has 2 fully saturated rings. The molecule has 0 radical (unpaired) electrons. The van der Waals surface area contributed by atoms with Crippen molar-refractivity contribution in [3.8, 4) is 0 Å². The molecule has 0 spiro atoms. The number of aryl methyl sites for hydroxylation is 2. The number of benzene rings is 1. The lowest BCUT2D eigenvalue weighted by atomic mass is 10.1. The van der Waals surface area contributed by atoms with E-state index in [0.29, 0.717) is 40.0 Å². The summed E-state index contributed by atoms with van der Waals surface area (Å²) in [6, 6.07) is 6.19. The summed E-state index contributed by atoms with van der Waals surface area (Å²) < 4.78 is 17.8. The van der Waals surface area contributed by atoms with Crippen molar-refractivity contribution < 1.29 is 9.18 Å². The number of hydrogen-bond donors (Lipinski definition) is 2. The van der Waals surface area contributed by atoms with Gasteiger partial charge in [0, 0.05) is 68.0 Å². The van der Waals surface area contributed by atoms with E-state index >= 15 is 0 Å². The van der Waals surface area contributed by atoms with E-state index in [4.69, 9.17) is 0 Å². The van der Waals surface area contributed by atoms with Crippen LogP contribution in [0.4, 0.5) is 15.8 Å². The number of aromatic nitrogens is 4. The Morgan fingerprint density at radius 1 is 1.23 bits per heavy atom. The van der Waals surface area contributed by atoms with E-state index < -0.39 is 5.82 Å². The van der Waals surface area contributed by atoms with Gasteiger partial charge in [-0.1, -0.05) is 13.8 Å². The van der Waals surface area contributed by atoms with Crippen molar-refractivity contribution in [2.45, 2.75) is 45.7 Å². The molecule has 9 heteroatoms. The molecule has 0 bridgehead atoms. The predicted molar refractivity (Wildman–Crippen MR) is 134 cm³/mol. The fraction of sp³-hybridized carbons (Fsp3) is 0.423. The van der Waals surface area contributed by atoms with E-state index in [9.17, 15) is 9.18 Å². The van der Waals surface area contributed by atoms with Crippen LogP contribution in [-0.2, 0) is 7.05 Å². The van der Waals surface area contributed by atoms with E-state index in [1.807, 2.05) is 25.4 Å². The highest BCUT2D eigenvalue weighted by Gasteiger charge is 2.46. The Bertz CT molecular complexity index is 1470. The summed E-state index contributed by atoms with van der Waals surface area (Å²) in [5.74, 6) is -0.811. The molecule has 4 heterocycles. The molecule has 4 aromatic rings. The Hall–Kier alpha value is -3.46. The van der Waals surface area contributed by atoms with Gasteiger partial charge in [-0.25, -0.2) is 9.37 Å². The summed E-state index contributed by atoms with van der Waals surface area (Å²) in [5.41, 5.74) is 3.90. The summed E-state index contributed by atoms with van der Waals surface area (Å²) in [6.07, 6.45) is 7.68. The van der Waals surface area contributed by atoms with E-state index in [2.05, 4.69) is 39.5 Å². The summed E-state index contributed by atoms with van der Waals surface area (Å²) in [7, 11) is 1.86. The smallest absolute Gasteiger partial charge is 0.257 e. The first-order valence-electron chi connectivity index (χ1n) is 12.1. The molecule has 1 aliphatic carbocycles. The third-order valence-electron chi connectivity index (χ3n) is 7.38. The number of nitrogens with zero attached hydrogens (tertiary/aromatic N) is 5. The highest BCUT2D eigenvalue weighted by Crippen LogP contribution is 2.45. The minimum atomic E-state index is -0.485. The van der Waals surface area contributed by atoms with Gasteiger partial charge in [0.15, 0.2) is 11.5 Å². The summed E-state index contributed by atoms with van der Waals surface area (Å²) in [5, 5.41) is 12.2. The molecule has 1 aliphatic heterocycles. The Kier molecular flexibility index (Phi) is 4.90. The highest BCUT2D eigenvalue weighted by molar-refractivity contribution is 6.13. The van der Waals surface area contributed by atoms with E-state index in [0.717, 1.165) is 30.6 Å². The van der Waals surface area contributed by atoms with Crippen LogP contribution in [0, 0.1) is 18.2 Å². The second-order valence-corrected chi connectivity index (χ2v) is 10.7. The van der Waals surface area contributed by atoms with Crippen LogP contribution in [-0.4, -0.2) is 50.2 Å². The van der Waals surface area contributed by atoms with Crippen LogP contribution in [0.3, 0.4) is 0 Å². The van der Waals surface area contributed by atoms with Gasteiger partial charge in [0.1, 0.15) is 5.52 Å². The van der Waals surface area contributed by atoms with Crippen molar-refractivity contribution in [2.24, 2.45) is 12.5 Å². The number of pyridine rings is 1. The standard InChI is InChI=1S/C26H30FN7O/c1-15-11-34-13-17(9-20(27)24(34)28-15)30-25(35)18-5-6-21(19-14-32(4)31-23(18)19)33-8-7-16(12-33)29-22-10-26(22,2)3/h5-6,9,11,13-14,16,22,29H,7-8,10,12H2,1-4H3,(H,30,35). The van der Waals surface area contributed by atoms with Crippen molar-refractivity contribution >= 4 is 33.8 Å². The van der Waals surface area contributed by atoms with Crippen molar-refractivity contribution in [1.82, 2.24) is 24.5 Å². The second-order valence-electron chi connectivity index (χ2n) is 10.7. The van der Waals surface area contributed by atoms with Gasteiger partial charge in [-0.05, 0) is 37.3 Å². The number of rotatable bonds is 5. The number of nitrogens with one attached hydrogen (secondary N) is 2. The molecule has 2 aliphatic rings. The molecule has 3 aromatic heterocycles. The van der Waals surface area contributed by atoms with Gasteiger partial charge in [-0.2, -0.15) is 5.10 Å². The largest absolute Gasteiger partial charge is 0.369 e. The first-order valence-corrected chi connectivity index (χ1v) is 12.1. The second kappa shape index (κ2) is 7.78. The van der Waals surface area contributed by atoms with Crippen molar-refractivity contribution in [3.63, 3.8) is 0 Å². The minimum absolute atomic E-state index is 0.237. The molecule has 8 nitrogen and oxygen atoms in total. The minimum Gasteiger partial charge on any atom is -0.369 e. The first kappa shape index (κ1) is 22.0. The molecule has 1 saturated carbocycles. The Morgan fingerprint density at radius 2 is 2.03 bits per heavy atom. The number of imidazole rings is 1. The Balaban J connectivity index is 1.26. The summed E-state index contributed by atoms with van der Waals surface area (Å²) in [6.45, 7) is 8.32. The van der Waals surface area contributed by atoms with E-state index in [-0.39, 0.29) is 11.6 Å². The van der Waals surface area contributed by atoms with Gasteiger partial charge in [0.05, 0.1) is 16.9 Å². The van der Waals surface area contributed by atoms with Crippen LogP contribution in [0.15, 0.2) is 36.8 Å². The average molecular weight is 476 g/mol. The van der Waals surface area contributed by atoms with Crippen molar-refractivity contribution in [2.75, 3.05) is 23.3 Å². The highest BCUT2D eigenvalue weighted by atomic mass is 19.1. The predicted octanol–water partition coefficient (Wildman–Crippen LogP) is 3.89. The van der Waals surface area contributed by atoms with Crippen LogP contribution in [0.25, 0.3) is 16.6 Å². The molecule has 2 unspecified atom stereocenters. The lowest BCUT2D eigenvalue weighted by Crippen LogP contribution is -2.35. The van der Waals surface area contributed by atoms with Gasteiger partial charge in [-0.3, -0.25) is 9.48 Å². The van der Waals surface area contributed by atoms with Crippen LogP contribution >= 0.6 is 0 Å². The normalized spacial score (nSPS) is 21.2. The topological polar surface area (TPSA) is 79.5 Å². The monoisotopic (exact) mass is 475 g/mol. The van der Waals surface area contributed by atoms with Gasteiger partial charge < -0.3 is 19.9 Å². The quantitative estimate of drug-likeness (QED) is 0.458. The molecule has 2 atom stereocenters. The number of fused-ring (bicyclic) bond motifs is 2. The van der Waals surface area contributed by atoms with Crippen LogP contribution in [0.5, 0.6) is 0 Å². The van der Waals surface area contributed by atoms with Gasteiger partial charge in [0.25, 0.3) is 5.91 Å². The molecule has 2 N–H and O–H groups in total. The summed E-state index contributed by atoms with van der Waals surface area (Å²) >= 11 is 0. The van der Waals surface area contributed by atoms with Gasteiger partial charge in [0.2, 0.25) is 0 Å². The number of halogens is 1. The zero-order valence-electron chi connectivity index (χ0n) is 20.5. The molecule has 35 heavy (non-hydrogen) atoms. The van der Waals surface area contributed by atoms with Crippen LogP contribution in [0.2, 0.25) is 0 Å². The fourth-order valence-corrected chi connectivity index (χ4v) is 5.26. The molecule has 6 rings (SSSR count). The zero-order chi connectivity index (χ0) is 24.5. The van der Waals surface area contributed by atoms with E-state index in [1.165, 1.54) is 12.5 Å². The Morgan fingerprint density at radius 3 is 2.80 bits per heavy atom. The van der Waals surface area contributed by atoms with Gasteiger partial charge >= 0.3 is 0 Å². The lowest BCUT2D eigenvalue weighted by Gasteiger charge is -2.21. The summed E-state index contributed by atoms with van der Waals surface area (Å²) in [4.78, 5) is 19.8. The lowest BCUT2D eigenvalue weighted by molar-refractivity contribution is 0.102. The van der Waals surface area contributed by atoms with Gasteiger partial charge in [-0.15, -0.1) is 0 Å². The Labute approximate surface area is 203 Å². The molecular formula is C26H30FN7O. The molecule has 1 aromatic carbocycles.